The molecule has 4 aliphatic rings. The van der Waals surface area contributed by atoms with Crippen LogP contribution in [0.25, 0.3) is 0 Å². The number of hydrogen-bond donors (Lipinski definition) is 1. The van der Waals surface area contributed by atoms with Gasteiger partial charge in [0.15, 0.2) is 0 Å². The van der Waals surface area contributed by atoms with Gasteiger partial charge in [0.1, 0.15) is 5.54 Å². The highest BCUT2D eigenvalue weighted by molar-refractivity contribution is 6.26. The first kappa shape index (κ1) is 20.0. The zero-order valence-corrected chi connectivity index (χ0v) is 18.2. The van der Waals surface area contributed by atoms with E-state index in [2.05, 4.69) is 10.2 Å². The summed E-state index contributed by atoms with van der Waals surface area (Å²) in [7, 11) is 0. The molecule has 1 spiro atoms. The lowest BCUT2D eigenvalue weighted by atomic mass is 9.75. The van der Waals surface area contributed by atoms with Crippen molar-refractivity contribution in [1.29, 1.82) is 0 Å². The zero-order chi connectivity index (χ0) is 23.2. The maximum Gasteiger partial charge on any atom is 0.269 e. The molecule has 3 saturated heterocycles. The summed E-state index contributed by atoms with van der Waals surface area (Å²) in [5.41, 5.74) is 2.38. The Kier molecular flexibility index (Phi) is 3.93. The molecule has 0 radical (unpaired) electrons. The van der Waals surface area contributed by atoms with Gasteiger partial charge in [-0.15, -0.1) is 0 Å². The third-order valence-corrected chi connectivity index (χ3v) is 7.76. The van der Waals surface area contributed by atoms with E-state index in [9.17, 15) is 24.5 Å². The number of fused-ring (bicyclic) bond motifs is 7. The van der Waals surface area contributed by atoms with Gasteiger partial charge in [0.25, 0.3) is 5.69 Å². The molecule has 9 heteroatoms. The van der Waals surface area contributed by atoms with E-state index in [-0.39, 0.29) is 23.5 Å². The fourth-order valence-electron chi connectivity index (χ4n) is 6.64. The van der Waals surface area contributed by atoms with Crippen LogP contribution in [-0.2, 0) is 19.9 Å². The molecule has 4 heterocycles. The topological polar surface area (TPSA) is 113 Å². The SMILES string of the molecule is Cc1cc(C)c2c(c1)C1(C(=O)N2)C2C(=O)N(c3ccc([N+](=O)[O-])cc3)C(=O)C2C2CCCN21. The van der Waals surface area contributed by atoms with E-state index in [4.69, 9.17) is 0 Å². The van der Waals surface area contributed by atoms with Crippen molar-refractivity contribution in [2.24, 2.45) is 11.8 Å². The summed E-state index contributed by atoms with van der Waals surface area (Å²) in [4.78, 5) is 55.0. The Morgan fingerprint density at radius 1 is 1.09 bits per heavy atom. The first-order valence-corrected chi connectivity index (χ1v) is 11.1. The van der Waals surface area contributed by atoms with Crippen LogP contribution >= 0.6 is 0 Å². The number of rotatable bonds is 2. The summed E-state index contributed by atoms with van der Waals surface area (Å²) >= 11 is 0. The molecule has 3 fully saturated rings. The second kappa shape index (κ2) is 6.48. The first-order valence-electron chi connectivity index (χ1n) is 11.1. The molecule has 4 unspecified atom stereocenters. The van der Waals surface area contributed by atoms with Crippen LogP contribution in [-0.4, -0.2) is 40.1 Å². The number of aryl methyl sites for hydroxylation is 2. The van der Waals surface area contributed by atoms with Gasteiger partial charge >= 0.3 is 0 Å². The Morgan fingerprint density at radius 3 is 2.52 bits per heavy atom. The van der Waals surface area contributed by atoms with Crippen LogP contribution in [0, 0.1) is 35.8 Å². The normalized spacial score (nSPS) is 30.1. The molecule has 168 valence electrons. The lowest BCUT2D eigenvalue weighted by molar-refractivity contribution is -0.384. The minimum absolute atomic E-state index is 0.119. The summed E-state index contributed by atoms with van der Waals surface area (Å²) in [6, 6.07) is 9.17. The van der Waals surface area contributed by atoms with Crippen molar-refractivity contribution >= 4 is 34.8 Å². The van der Waals surface area contributed by atoms with Gasteiger partial charge < -0.3 is 5.32 Å². The van der Waals surface area contributed by atoms with Crippen LogP contribution in [0.5, 0.6) is 0 Å². The Hall–Kier alpha value is -3.59. The number of anilines is 2. The van der Waals surface area contributed by atoms with Gasteiger partial charge in [-0.05, 0) is 50.9 Å². The number of non-ortho nitro benzene ring substituents is 1. The monoisotopic (exact) mass is 446 g/mol. The average molecular weight is 446 g/mol. The van der Waals surface area contributed by atoms with Crippen molar-refractivity contribution in [2.45, 2.75) is 38.3 Å². The van der Waals surface area contributed by atoms with E-state index in [1.54, 1.807) is 0 Å². The van der Waals surface area contributed by atoms with Crippen molar-refractivity contribution in [3.8, 4) is 0 Å². The highest BCUT2D eigenvalue weighted by atomic mass is 16.6. The summed E-state index contributed by atoms with van der Waals surface area (Å²) in [5.74, 6) is -2.48. The van der Waals surface area contributed by atoms with Gasteiger partial charge in [-0.2, -0.15) is 0 Å². The number of benzene rings is 2. The molecule has 6 rings (SSSR count). The fraction of sp³-hybridized carbons (Fsp3) is 0.375. The summed E-state index contributed by atoms with van der Waals surface area (Å²) in [6.45, 7) is 4.54. The Bertz CT molecular complexity index is 1270. The molecule has 9 nitrogen and oxygen atoms in total. The predicted molar refractivity (Wildman–Crippen MR) is 119 cm³/mol. The van der Waals surface area contributed by atoms with Gasteiger partial charge in [-0.1, -0.05) is 17.7 Å². The lowest BCUT2D eigenvalue weighted by Gasteiger charge is -2.36. The van der Waals surface area contributed by atoms with Crippen LogP contribution in [0.4, 0.5) is 17.1 Å². The predicted octanol–water partition coefficient (Wildman–Crippen LogP) is 2.64. The van der Waals surface area contributed by atoms with Crippen LogP contribution in [0.1, 0.15) is 29.5 Å². The van der Waals surface area contributed by atoms with Crippen molar-refractivity contribution < 1.29 is 19.3 Å². The quantitative estimate of drug-likeness (QED) is 0.431. The Morgan fingerprint density at radius 2 is 1.82 bits per heavy atom. The molecule has 0 saturated carbocycles. The highest BCUT2D eigenvalue weighted by Crippen LogP contribution is 2.61. The fourth-order valence-corrected chi connectivity index (χ4v) is 6.64. The molecule has 0 bridgehead atoms. The minimum Gasteiger partial charge on any atom is -0.324 e. The molecule has 4 aliphatic heterocycles. The third-order valence-electron chi connectivity index (χ3n) is 7.76. The third kappa shape index (κ3) is 2.32. The van der Waals surface area contributed by atoms with Crippen molar-refractivity contribution in [1.82, 2.24) is 4.90 Å². The standard InChI is InChI=1S/C24H22N4O5/c1-12-10-13(2)20-16(11-12)24(23(31)25-20)19-18(17-4-3-9-26(17)24)21(29)27(22(19)30)14-5-7-15(8-6-14)28(32)33/h5-8,10-11,17-19H,3-4,9H2,1-2H3,(H,25,31). The van der Waals surface area contributed by atoms with E-state index in [0.29, 0.717) is 12.2 Å². The van der Waals surface area contributed by atoms with Crippen LogP contribution < -0.4 is 10.2 Å². The number of nitrogens with zero attached hydrogens (tertiary/aromatic N) is 3. The van der Waals surface area contributed by atoms with Gasteiger partial charge in [0.2, 0.25) is 17.7 Å². The second-order valence-electron chi connectivity index (χ2n) is 9.42. The zero-order valence-electron chi connectivity index (χ0n) is 18.2. The summed E-state index contributed by atoms with van der Waals surface area (Å²) < 4.78 is 0. The lowest BCUT2D eigenvalue weighted by Crippen LogP contribution is -2.54. The van der Waals surface area contributed by atoms with Gasteiger partial charge in [0.05, 0.1) is 22.4 Å². The molecule has 4 atom stereocenters. The van der Waals surface area contributed by atoms with Gasteiger partial charge in [-0.3, -0.25) is 29.4 Å². The maximum atomic E-state index is 13.9. The number of nitrogens with one attached hydrogen (secondary N) is 1. The second-order valence-corrected chi connectivity index (χ2v) is 9.42. The minimum atomic E-state index is -1.22. The molecule has 2 aromatic carbocycles. The molecular formula is C24H22N4O5. The first-order chi connectivity index (χ1) is 15.8. The van der Waals surface area contributed by atoms with E-state index in [0.717, 1.165) is 40.1 Å². The number of carbonyl (C=O) groups is 3. The summed E-state index contributed by atoms with van der Waals surface area (Å²) in [5, 5.41) is 14.1. The van der Waals surface area contributed by atoms with E-state index < -0.39 is 28.2 Å². The van der Waals surface area contributed by atoms with E-state index in [1.165, 1.54) is 24.3 Å². The molecule has 0 aliphatic carbocycles. The van der Waals surface area contributed by atoms with Crippen molar-refractivity contribution in [3.63, 3.8) is 0 Å². The molecule has 2 aromatic rings. The Labute approximate surface area is 189 Å². The number of amides is 3. The maximum absolute atomic E-state index is 13.9. The summed E-state index contributed by atoms with van der Waals surface area (Å²) in [6.07, 6.45) is 1.59. The largest absolute Gasteiger partial charge is 0.324 e. The molecule has 0 aromatic heterocycles. The number of carbonyl (C=O) groups excluding carboxylic acids is 3. The number of nitro groups is 1. The smallest absolute Gasteiger partial charge is 0.269 e. The van der Waals surface area contributed by atoms with Crippen LogP contribution in [0.3, 0.4) is 0 Å². The van der Waals surface area contributed by atoms with E-state index in [1.807, 2.05) is 26.0 Å². The van der Waals surface area contributed by atoms with Crippen LogP contribution in [0.15, 0.2) is 36.4 Å². The molecule has 3 amide bonds. The van der Waals surface area contributed by atoms with Gasteiger partial charge in [-0.25, -0.2) is 4.90 Å². The average Bonchev–Trinajstić information content (AvgIpc) is 3.47. The van der Waals surface area contributed by atoms with Gasteiger partial charge in [0, 0.05) is 29.4 Å². The highest BCUT2D eigenvalue weighted by Gasteiger charge is 2.74. The number of imide groups is 1. The number of hydrogen-bond acceptors (Lipinski definition) is 6. The van der Waals surface area contributed by atoms with Crippen LogP contribution in [0.2, 0.25) is 0 Å². The molecule has 1 N–H and O–H groups in total. The van der Waals surface area contributed by atoms with Crippen molar-refractivity contribution in [2.75, 3.05) is 16.8 Å². The Balaban J connectivity index is 1.53. The number of nitro benzene ring substituents is 1. The molecular weight excluding hydrogens is 424 g/mol. The van der Waals surface area contributed by atoms with E-state index >= 15 is 0 Å². The van der Waals surface area contributed by atoms with Crippen molar-refractivity contribution in [3.05, 3.63) is 63.2 Å². The molecule has 33 heavy (non-hydrogen) atoms.